The standard InChI is InChI=1S/C25H27N3O5/c1-32-22-5-3-2-4-19(22)17-13-27(14-17)10-11-33-18-6-7-20-16(12-18)15-28(25(20)31)21-8-9-23(29)26-24(21)30/h2-7,12,17,21H,8-11,13-15H2,1H3,(H,26,29,30). The Bertz CT molecular complexity index is 1100. The highest BCUT2D eigenvalue weighted by Crippen LogP contribution is 2.33. The molecule has 3 aliphatic heterocycles. The summed E-state index contributed by atoms with van der Waals surface area (Å²) in [6.07, 6.45) is 0.610. The number of piperidine rings is 1. The van der Waals surface area contributed by atoms with Crippen LogP contribution in [0.2, 0.25) is 0 Å². The van der Waals surface area contributed by atoms with Crippen LogP contribution in [0.5, 0.6) is 11.5 Å². The zero-order valence-corrected chi connectivity index (χ0v) is 18.6. The van der Waals surface area contributed by atoms with Crippen LogP contribution < -0.4 is 14.8 Å². The van der Waals surface area contributed by atoms with Gasteiger partial charge in [-0.1, -0.05) is 18.2 Å². The van der Waals surface area contributed by atoms with Gasteiger partial charge in [0.1, 0.15) is 24.1 Å². The van der Waals surface area contributed by atoms with Crippen molar-refractivity contribution in [1.82, 2.24) is 15.1 Å². The third-order valence-corrected chi connectivity index (χ3v) is 6.71. The molecule has 1 atom stereocenters. The number of amides is 3. The quantitative estimate of drug-likeness (QED) is 0.650. The number of likely N-dealkylation sites (tertiary alicyclic amines) is 1. The summed E-state index contributed by atoms with van der Waals surface area (Å²) < 4.78 is 11.4. The van der Waals surface area contributed by atoms with E-state index in [0.29, 0.717) is 36.8 Å². The molecule has 5 rings (SSSR count). The van der Waals surface area contributed by atoms with Crippen LogP contribution in [0.1, 0.15) is 40.2 Å². The van der Waals surface area contributed by atoms with Crippen molar-refractivity contribution in [1.29, 1.82) is 0 Å². The van der Waals surface area contributed by atoms with E-state index >= 15 is 0 Å². The molecule has 0 saturated carbocycles. The number of benzene rings is 2. The average molecular weight is 450 g/mol. The van der Waals surface area contributed by atoms with Crippen molar-refractivity contribution in [2.24, 2.45) is 0 Å². The fourth-order valence-corrected chi connectivity index (χ4v) is 4.89. The van der Waals surface area contributed by atoms with Gasteiger partial charge in [0.2, 0.25) is 11.8 Å². The molecule has 8 heteroatoms. The van der Waals surface area contributed by atoms with Crippen molar-refractivity contribution in [3.63, 3.8) is 0 Å². The number of fused-ring (bicyclic) bond motifs is 1. The number of nitrogens with one attached hydrogen (secondary N) is 1. The molecule has 2 fully saturated rings. The first-order chi connectivity index (χ1) is 16.0. The number of imide groups is 1. The predicted molar refractivity (Wildman–Crippen MR) is 120 cm³/mol. The lowest BCUT2D eigenvalue weighted by Crippen LogP contribution is -2.52. The van der Waals surface area contributed by atoms with Gasteiger partial charge in [0.05, 0.1) is 7.11 Å². The van der Waals surface area contributed by atoms with Crippen molar-refractivity contribution >= 4 is 17.7 Å². The normalized spacial score (nSPS) is 20.9. The largest absolute Gasteiger partial charge is 0.496 e. The monoisotopic (exact) mass is 449 g/mol. The van der Waals surface area contributed by atoms with Gasteiger partial charge in [0, 0.05) is 44.1 Å². The first-order valence-corrected chi connectivity index (χ1v) is 11.3. The Hall–Kier alpha value is -3.39. The Morgan fingerprint density at radius 3 is 2.70 bits per heavy atom. The summed E-state index contributed by atoms with van der Waals surface area (Å²) in [5, 5.41) is 2.33. The van der Waals surface area contributed by atoms with Gasteiger partial charge in [0.25, 0.3) is 5.91 Å². The van der Waals surface area contributed by atoms with E-state index in [2.05, 4.69) is 16.3 Å². The van der Waals surface area contributed by atoms with Gasteiger partial charge in [0.15, 0.2) is 0 Å². The number of hydrogen-bond donors (Lipinski definition) is 1. The second-order valence-corrected chi connectivity index (χ2v) is 8.77. The van der Waals surface area contributed by atoms with Crippen molar-refractivity contribution < 1.29 is 23.9 Å². The average Bonchev–Trinajstić information content (AvgIpc) is 3.11. The van der Waals surface area contributed by atoms with E-state index in [-0.39, 0.29) is 18.2 Å². The number of methoxy groups -OCH3 is 1. The van der Waals surface area contributed by atoms with Gasteiger partial charge in [-0.2, -0.15) is 0 Å². The molecule has 2 aromatic carbocycles. The van der Waals surface area contributed by atoms with Crippen molar-refractivity contribution in [3.8, 4) is 11.5 Å². The smallest absolute Gasteiger partial charge is 0.255 e. The molecule has 0 spiro atoms. The molecule has 33 heavy (non-hydrogen) atoms. The fourth-order valence-electron chi connectivity index (χ4n) is 4.89. The van der Waals surface area contributed by atoms with Gasteiger partial charge in [-0.05, 0) is 41.8 Å². The van der Waals surface area contributed by atoms with E-state index < -0.39 is 11.9 Å². The van der Waals surface area contributed by atoms with Crippen LogP contribution in [0.4, 0.5) is 0 Å². The SMILES string of the molecule is COc1ccccc1C1CN(CCOc2ccc3c(c2)CN(C2CCC(=O)NC2=O)C3=O)C1. The molecule has 0 aliphatic carbocycles. The third-order valence-electron chi connectivity index (χ3n) is 6.71. The van der Waals surface area contributed by atoms with Crippen LogP contribution in [-0.2, 0) is 16.1 Å². The number of carbonyl (C=O) groups excluding carboxylic acids is 3. The van der Waals surface area contributed by atoms with E-state index in [1.54, 1.807) is 24.1 Å². The van der Waals surface area contributed by atoms with E-state index in [1.165, 1.54) is 5.56 Å². The van der Waals surface area contributed by atoms with Gasteiger partial charge in [-0.25, -0.2) is 0 Å². The highest BCUT2D eigenvalue weighted by molar-refractivity contribution is 6.05. The highest BCUT2D eigenvalue weighted by Gasteiger charge is 2.39. The Labute approximate surface area is 192 Å². The Morgan fingerprint density at radius 1 is 1.09 bits per heavy atom. The molecule has 2 saturated heterocycles. The van der Waals surface area contributed by atoms with Crippen molar-refractivity contribution in [2.75, 3.05) is 33.4 Å². The van der Waals surface area contributed by atoms with Crippen molar-refractivity contribution in [3.05, 3.63) is 59.2 Å². The maximum absolute atomic E-state index is 12.8. The highest BCUT2D eigenvalue weighted by atomic mass is 16.5. The van der Waals surface area contributed by atoms with Gasteiger partial charge in [-0.3, -0.25) is 24.6 Å². The number of carbonyl (C=O) groups is 3. The van der Waals surface area contributed by atoms with Gasteiger partial charge >= 0.3 is 0 Å². The van der Waals surface area contributed by atoms with Crippen LogP contribution >= 0.6 is 0 Å². The summed E-state index contributed by atoms with van der Waals surface area (Å²) in [6.45, 7) is 3.68. The minimum Gasteiger partial charge on any atom is -0.496 e. The number of rotatable bonds is 7. The lowest BCUT2D eigenvalue weighted by Gasteiger charge is -2.39. The van der Waals surface area contributed by atoms with Gasteiger partial charge in [-0.15, -0.1) is 0 Å². The summed E-state index contributed by atoms with van der Waals surface area (Å²) >= 11 is 0. The van der Waals surface area contributed by atoms with E-state index in [4.69, 9.17) is 9.47 Å². The minimum atomic E-state index is -0.602. The molecule has 0 radical (unpaired) electrons. The van der Waals surface area contributed by atoms with Crippen LogP contribution in [0.3, 0.4) is 0 Å². The molecule has 2 aromatic rings. The molecule has 1 N–H and O–H groups in total. The van der Waals surface area contributed by atoms with Crippen LogP contribution in [0.25, 0.3) is 0 Å². The zero-order valence-electron chi connectivity index (χ0n) is 18.6. The molecular formula is C25H27N3O5. The molecule has 3 amide bonds. The van der Waals surface area contributed by atoms with Crippen molar-refractivity contribution in [2.45, 2.75) is 31.3 Å². The molecule has 8 nitrogen and oxygen atoms in total. The van der Waals surface area contributed by atoms with Crippen LogP contribution in [0.15, 0.2) is 42.5 Å². The molecule has 0 aromatic heterocycles. The number of nitrogens with zero attached hydrogens (tertiary/aromatic N) is 2. The second kappa shape index (κ2) is 8.86. The maximum atomic E-state index is 12.8. The molecule has 172 valence electrons. The molecule has 1 unspecified atom stereocenters. The lowest BCUT2D eigenvalue weighted by atomic mass is 9.91. The molecule has 0 bridgehead atoms. The summed E-state index contributed by atoms with van der Waals surface area (Å²) in [7, 11) is 1.71. The summed E-state index contributed by atoms with van der Waals surface area (Å²) in [5.74, 6) is 1.28. The predicted octanol–water partition coefficient (Wildman–Crippen LogP) is 1.93. The number of hydrogen-bond acceptors (Lipinski definition) is 6. The minimum absolute atomic E-state index is 0.172. The molecule has 3 heterocycles. The fraction of sp³-hybridized carbons (Fsp3) is 0.400. The summed E-state index contributed by atoms with van der Waals surface area (Å²) in [5.41, 5.74) is 2.69. The first kappa shape index (κ1) is 21.5. The first-order valence-electron chi connectivity index (χ1n) is 11.3. The summed E-state index contributed by atoms with van der Waals surface area (Å²) in [6, 6.07) is 13.0. The molecule has 3 aliphatic rings. The van der Waals surface area contributed by atoms with E-state index in [0.717, 1.165) is 30.9 Å². The number of ether oxygens (including phenoxy) is 2. The Kier molecular flexibility index (Phi) is 5.76. The zero-order chi connectivity index (χ0) is 22.9. The Morgan fingerprint density at radius 2 is 1.91 bits per heavy atom. The topological polar surface area (TPSA) is 88.2 Å². The third kappa shape index (κ3) is 4.18. The second-order valence-electron chi connectivity index (χ2n) is 8.77. The van der Waals surface area contributed by atoms with E-state index in [9.17, 15) is 14.4 Å². The Balaban J connectivity index is 1.13. The van der Waals surface area contributed by atoms with E-state index in [1.807, 2.05) is 24.3 Å². The van der Waals surface area contributed by atoms with Gasteiger partial charge < -0.3 is 14.4 Å². The van der Waals surface area contributed by atoms with Crippen LogP contribution in [-0.4, -0.2) is 66.9 Å². The number of para-hydroxylation sites is 1. The lowest BCUT2D eigenvalue weighted by molar-refractivity contribution is -0.136. The molecular weight excluding hydrogens is 422 g/mol. The summed E-state index contributed by atoms with van der Waals surface area (Å²) in [4.78, 5) is 40.3. The van der Waals surface area contributed by atoms with Crippen LogP contribution in [0, 0.1) is 0 Å². The maximum Gasteiger partial charge on any atom is 0.255 e.